The van der Waals surface area contributed by atoms with Crippen LogP contribution in [0.2, 0.25) is 0 Å². The predicted molar refractivity (Wildman–Crippen MR) is 163 cm³/mol. The van der Waals surface area contributed by atoms with E-state index in [-0.39, 0.29) is 124 Å². The van der Waals surface area contributed by atoms with Crippen molar-refractivity contribution in [3.05, 3.63) is 15.3 Å². The van der Waals surface area contributed by atoms with E-state index in [4.69, 9.17) is 46.5 Å². The van der Waals surface area contributed by atoms with Gasteiger partial charge in [0.15, 0.2) is 5.90 Å². The van der Waals surface area contributed by atoms with Crippen molar-refractivity contribution in [1.29, 1.82) is 42.6 Å². The summed E-state index contributed by atoms with van der Waals surface area (Å²) in [6.07, 6.45) is 3.30. The van der Waals surface area contributed by atoms with E-state index >= 15 is 0 Å². The van der Waals surface area contributed by atoms with E-state index in [0.29, 0.717) is 32.1 Å². The SMILES string of the molecule is CCC(C#N)CC(C#N)CC(C#N)CC(C)C#N.CCC(C#N)CC1CC(CC(C)C#N)(/[N+]([O-])=[NH+]/[O-])C(=N)N=C1OC.C[O-].N=O.[Na+].[Na+]. The van der Waals surface area contributed by atoms with Crippen molar-refractivity contribution >= 4 is 11.7 Å². The van der Waals surface area contributed by atoms with Gasteiger partial charge >= 0.3 is 59.1 Å². The standard InChI is InChI=1S/C15H22N6O3.C14H18N4.CH3O.HNO.2Na/c1-4-11(9-17)5-12-7-15(21(23)20-22,6-10(2)8-16)14(18)19-13(12)24-3;1-3-12(8-16)5-14(10-18)6-13(9-17)4-11(2)7-15;2*1-2;;/h10-12,18,20H,4-7H2,1-3H3;11-14H,3-6H2,1-2H3;1H3;1H;;/q;;-1;;2*+1/b18-14?,21-20-;;;;;. The van der Waals surface area contributed by atoms with Gasteiger partial charge in [-0.05, 0) is 52.4 Å². The van der Waals surface area contributed by atoms with E-state index in [2.05, 4.69) is 40.9 Å². The average Bonchev–Trinajstić information content (AvgIpc) is 3.10. The molecule has 8 atom stereocenters. The van der Waals surface area contributed by atoms with Crippen LogP contribution in [0.1, 0.15) is 79.1 Å². The first kappa shape index (κ1) is 54.3. The molecule has 0 bridgehead atoms. The van der Waals surface area contributed by atoms with Crippen molar-refractivity contribution in [1.82, 2.24) is 0 Å². The summed E-state index contributed by atoms with van der Waals surface area (Å²) >= 11 is 0. The number of aliphatic imine (C=N–C) groups is 1. The van der Waals surface area contributed by atoms with Crippen molar-refractivity contribution in [2.75, 3.05) is 14.2 Å². The van der Waals surface area contributed by atoms with Crippen LogP contribution in [0.5, 0.6) is 0 Å². The summed E-state index contributed by atoms with van der Waals surface area (Å²) in [6.45, 7) is 7.19. The van der Waals surface area contributed by atoms with E-state index < -0.39 is 11.5 Å². The van der Waals surface area contributed by atoms with Gasteiger partial charge in [-0.1, -0.05) is 19.4 Å². The Hall–Kier alpha value is -3.16. The molecule has 0 saturated heterocycles. The number of nitrogens with one attached hydrogen (secondary N) is 3. The molecule has 48 heavy (non-hydrogen) atoms. The third-order valence-corrected chi connectivity index (χ3v) is 7.42. The fraction of sp³-hybridized carbons (Fsp3) is 0.733. The summed E-state index contributed by atoms with van der Waals surface area (Å²) in [4.78, 5) is 11.6. The number of ether oxygens (including phenoxy) is 1. The first-order valence-electron chi connectivity index (χ1n) is 14.5. The van der Waals surface area contributed by atoms with E-state index in [0.717, 1.165) is 13.5 Å². The zero-order valence-electron chi connectivity index (χ0n) is 29.3. The van der Waals surface area contributed by atoms with Crippen LogP contribution in [0.25, 0.3) is 0 Å². The molecule has 0 aromatic carbocycles. The van der Waals surface area contributed by atoms with Crippen molar-refractivity contribution < 1.29 is 79.1 Å². The van der Waals surface area contributed by atoms with Gasteiger partial charge in [0.25, 0.3) is 5.54 Å². The van der Waals surface area contributed by atoms with Crippen LogP contribution in [0.4, 0.5) is 0 Å². The zero-order chi connectivity index (χ0) is 36.3. The van der Waals surface area contributed by atoms with Gasteiger partial charge in [0, 0.05) is 58.5 Å². The summed E-state index contributed by atoms with van der Waals surface area (Å²) in [7, 11) is 2.16. The van der Waals surface area contributed by atoms with Crippen molar-refractivity contribution in [2.45, 2.75) is 84.6 Å². The number of methoxy groups -OCH3 is 1. The van der Waals surface area contributed by atoms with Gasteiger partial charge < -0.3 is 20.3 Å². The normalized spacial score (nSPS) is 19.6. The molecular formula is C30H44N11Na2O5+. The summed E-state index contributed by atoms with van der Waals surface area (Å²) in [6, 6.07) is 12.8. The number of hydroxylamine groups is 1. The number of nitriles is 6. The van der Waals surface area contributed by atoms with Crippen LogP contribution in [0, 0.1) is 136 Å². The number of nitroso groups, excluding NO2 is 1. The summed E-state index contributed by atoms with van der Waals surface area (Å²) in [5.41, 5.74) is 2.94. The van der Waals surface area contributed by atoms with E-state index in [1.54, 1.807) is 13.8 Å². The van der Waals surface area contributed by atoms with Gasteiger partial charge in [0.2, 0.25) is 5.84 Å². The second-order valence-electron chi connectivity index (χ2n) is 10.6. The Balaban J connectivity index is -0.000000231. The molecule has 3 N–H and O–H groups in total. The van der Waals surface area contributed by atoms with Crippen molar-refractivity contribution in [3.63, 3.8) is 0 Å². The van der Waals surface area contributed by atoms with Crippen molar-refractivity contribution in [2.24, 2.45) is 46.4 Å². The van der Waals surface area contributed by atoms with Crippen LogP contribution < -0.4 is 69.5 Å². The molecule has 1 aliphatic rings. The number of amidine groups is 1. The summed E-state index contributed by atoms with van der Waals surface area (Å²) < 4.78 is 5.22. The number of rotatable bonds is 13. The van der Waals surface area contributed by atoms with E-state index in [1.165, 1.54) is 12.4 Å². The van der Waals surface area contributed by atoms with Crippen molar-refractivity contribution in [3.8, 4) is 36.4 Å². The van der Waals surface area contributed by atoms with Crippen LogP contribution in [0.3, 0.4) is 0 Å². The maximum atomic E-state index is 12.2. The molecule has 0 spiro atoms. The van der Waals surface area contributed by atoms with Crippen LogP contribution in [-0.4, -0.2) is 36.4 Å². The molecule has 0 fully saturated rings. The molecule has 0 saturated carbocycles. The van der Waals surface area contributed by atoms with Gasteiger partial charge in [-0.3, -0.25) is 5.41 Å². The molecule has 8 unspecified atom stereocenters. The maximum Gasteiger partial charge on any atom is 1.00 e. The van der Waals surface area contributed by atoms with E-state index in [9.17, 15) is 15.7 Å². The molecule has 1 rings (SSSR count). The minimum atomic E-state index is -1.56. The minimum absolute atomic E-state index is 0. The minimum Gasteiger partial charge on any atom is -0.857 e. The molecule has 0 amide bonds. The Morgan fingerprint density at radius 1 is 0.875 bits per heavy atom. The monoisotopic (exact) mass is 684 g/mol. The van der Waals surface area contributed by atoms with Gasteiger partial charge in [-0.25, -0.2) is 0 Å². The van der Waals surface area contributed by atoms with Gasteiger partial charge in [0.1, 0.15) is 0 Å². The fourth-order valence-electron chi connectivity index (χ4n) is 4.91. The van der Waals surface area contributed by atoms with Gasteiger partial charge in [-0.2, -0.15) is 48.6 Å². The molecule has 0 radical (unpaired) electrons. The third kappa shape index (κ3) is 19.0. The van der Waals surface area contributed by atoms with Crippen LogP contribution >= 0.6 is 0 Å². The molecule has 1 aliphatic heterocycles. The first-order chi connectivity index (χ1) is 22.0. The molecule has 0 aromatic heterocycles. The van der Waals surface area contributed by atoms with Crippen LogP contribution in [0.15, 0.2) is 4.99 Å². The second kappa shape index (κ2) is 32.4. The zero-order valence-corrected chi connectivity index (χ0v) is 33.3. The summed E-state index contributed by atoms with van der Waals surface area (Å²) in [5.74, 6) is -2.08. The Morgan fingerprint density at radius 2 is 1.31 bits per heavy atom. The molecular weight excluding hydrogens is 640 g/mol. The Bertz CT molecular complexity index is 1240. The predicted octanol–water partition coefficient (Wildman–Crippen LogP) is -2.74. The van der Waals surface area contributed by atoms with E-state index in [1.807, 2.05) is 19.9 Å². The molecule has 1 heterocycles. The molecule has 250 valence electrons. The smallest absolute Gasteiger partial charge is 0.857 e. The Labute approximate surface area is 328 Å². The van der Waals surface area contributed by atoms with Gasteiger partial charge in [-0.15, -0.1) is 0 Å². The summed E-state index contributed by atoms with van der Waals surface area (Å²) in [5, 5.41) is 94.8. The number of hydrogen-bond donors (Lipinski definition) is 3. The fourth-order valence-corrected chi connectivity index (χ4v) is 4.91. The molecule has 16 nitrogen and oxygen atoms in total. The first-order valence-corrected chi connectivity index (χ1v) is 14.5. The quantitative estimate of drug-likeness (QED) is 0.0587. The molecule has 0 aliphatic carbocycles. The Kier molecular flexibility index (Phi) is 36.6. The average molecular weight is 685 g/mol. The molecule has 18 heteroatoms. The number of nitrogens with zero attached hydrogens (tertiary/aromatic N) is 8. The number of hydrogen-bond acceptors (Lipinski definition) is 13. The largest absolute Gasteiger partial charge is 1.00 e. The maximum absolute atomic E-state index is 12.2. The second-order valence-corrected chi connectivity index (χ2v) is 10.6. The molecule has 0 aromatic rings. The Morgan fingerprint density at radius 3 is 1.69 bits per heavy atom. The third-order valence-electron chi connectivity index (χ3n) is 7.42. The van der Waals surface area contributed by atoms with Gasteiger partial charge in [0.05, 0.1) is 49.4 Å². The topological polar surface area (TPSA) is 315 Å². The van der Waals surface area contributed by atoms with Crippen LogP contribution in [-0.2, 0) is 4.74 Å².